The molecule has 0 saturated heterocycles. The molecule has 1 aliphatic heterocycles. The second-order valence-electron chi connectivity index (χ2n) is 4.86. The Hall–Kier alpha value is -2.69. The number of nitrogens with zero attached hydrogens (tertiary/aromatic N) is 2. The van der Waals surface area contributed by atoms with E-state index in [1.165, 1.54) is 4.90 Å². The van der Waals surface area contributed by atoms with Crippen LogP contribution in [0, 0.1) is 11.3 Å². The monoisotopic (exact) mass is 281 g/mol. The van der Waals surface area contributed by atoms with Gasteiger partial charge in [0.05, 0.1) is 25.3 Å². The van der Waals surface area contributed by atoms with Crippen molar-refractivity contribution in [1.29, 1.82) is 5.41 Å². The van der Waals surface area contributed by atoms with Crippen molar-refractivity contribution in [2.75, 3.05) is 7.11 Å². The summed E-state index contributed by atoms with van der Waals surface area (Å²) in [6.07, 6.45) is 7.37. The van der Waals surface area contributed by atoms with Crippen LogP contribution in [0.1, 0.15) is 5.56 Å². The number of amidine groups is 1. The molecule has 0 spiro atoms. The van der Waals surface area contributed by atoms with Crippen LogP contribution in [-0.2, 0) is 6.54 Å². The molecule has 3 rings (SSSR count). The number of rotatable bonds is 3. The smallest absolute Gasteiger partial charge is 0.349 e. The van der Waals surface area contributed by atoms with Crippen LogP contribution >= 0.6 is 0 Å². The van der Waals surface area contributed by atoms with Crippen LogP contribution in [0.4, 0.5) is 4.79 Å². The summed E-state index contributed by atoms with van der Waals surface area (Å²) in [5.41, 5.74) is 1.57. The number of fused-ring (bicyclic) bond motifs is 1. The minimum Gasteiger partial charge on any atom is -0.497 e. The zero-order chi connectivity index (χ0) is 14.8. The third kappa shape index (κ3) is 2.50. The van der Waals surface area contributed by atoms with Crippen molar-refractivity contribution < 1.29 is 9.53 Å². The van der Waals surface area contributed by atoms with Gasteiger partial charge in [0.1, 0.15) is 11.6 Å². The van der Waals surface area contributed by atoms with Gasteiger partial charge in [-0.25, -0.2) is 4.79 Å². The van der Waals surface area contributed by atoms with Gasteiger partial charge in [-0.15, -0.1) is 0 Å². The van der Waals surface area contributed by atoms with Gasteiger partial charge in [0.25, 0.3) is 0 Å². The number of hydrogen-bond acceptors (Lipinski definition) is 3. The fraction of sp³-hybridized carbons (Fsp3) is 0.188. The van der Waals surface area contributed by atoms with Gasteiger partial charge in [-0.2, -0.15) is 4.99 Å². The van der Waals surface area contributed by atoms with Gasteiger partial charge in [0.2, 0.25) is 0 Å². The summed E-state index contributed by atoms with van der Waals surface area (Å²) < 4.78 is 5.11. The van der Waals surface area contributed by atoms with Crippen LogP contribution < -0.4 is 4.74 Å². The lowest BCUT2D eigenvalue weighted by molar-refractivity contribution is 0.226. The Kier molecular flexibility index (Phi) is 3.39. The number of methoxy groups -OCH3 is 1. The highest BCUT2D eigenvalue weighted by Crippen LogP contribution is 2.22. The van der Waals surface area contributed by atoms with Crippen LogP contribution in [0.2, 0.25) is 0 Å². The molecule has 2 amide bonds. The first-order valence-electron chi connectivity index (χ1n) is 6.65. The van der Waals surface area contributed by atoms with Gasteiger partial charge in [-0.1, -0.05) is 30.4 Å². The van der Waals surface area contributed by atoms with Gasteiger partial charge in [-0.05, 0) is 23.8 Å². The maximum absolute atomic E-state index is 12.1. The van der Waals surface area contributed by atoms with Gasteiger partial charge < -0.3 is 4.74 Å². The molecule has 1 unspecified atom stereocenters. The van der Waals surface area contributed by atoms with Crippen molar-refractivity contribution in [3.63, 3.8) is 0 Å². The van der Waals surface area contributed by atoms with E-state index in [9.17, 15) is 4.79 Å². The number of carbonyl (C=O) groups is 1. The summed E-state index contributed by atoms with van der Waals surface area (Å²) in [6, 6.07) is 7.06. The quantitative estimate of drug-likeness (QED) is 0.925. The highest BCUT2D eigenvalue weighted by Gasteiger charge is 2.32. The Labute approximate surface area is 122 Å². The minimum atomic E-state index is -0.387. The molecule has 0 bridgehead atoms. The van der Waals surface area contributed by atoms with Gasteiger partial charge in [0.15, 0.2) is 0 Å². The Balaban J connectivity index is 1.83. The van der Waals surface area contributed by atoms with Gasteiger partial charge in [0, 0.05) is 0 Å². The third-order valence-electron chi connectivity index (χ3n) is 3.54. The SMILES string of the molecule is COc1ccc(CN2C(=N)C3C=CC=CC3=NC2=O)cc1. The molecule has 1 aromatic rings. The van der Waals surface area contributed by atoms with Crippen molar-refractivity contribution >= 4 is 17.6 Å². The van der Waals surface area contributed by atoms with E-state index in [0.717, 1.165) is 11.3 Å². The Morgan fingerprint density at radius 1 is 1.29 bits per heavy atom. The highest BCUT2D eigenvalue weighted by atomic mass is 16.5. The van der Waals surface area contributed by atoms with E-state index in [2.05, 4.69) is 4.99 Å². The van der Waals surface area contributed by atoms with Crippen molar-refractivity contribution in [3.8, 4) is 5.75 Å². The van der Waals surface area contributed by atoms with Crippen LogP contribution in [0.15, 0.2) is 53.6 Å². The summed E-state index contributed by atoms with van der Waals surface area (Å²) in [4.78, 5) is 17.6. The number of carbonyl (C=O) groups excluding carboxylic acids is 1. The highest BCUT2D eigenvalue weighted by molar-refractivity contribution is 6.22. The van der Waals surface area contributed by atoms with Crippen molar-refractivity contribution in [2.24, 2.45) is 10.9 Å². The fourth-order valence-corrected chi connectivity index (χ4v) is 2.38. The molecule has 1 aromatic carbocycles. The Morgan fingerprint density at radius 3 is 2.76 bits per heavy atom. The summed E-state index contributed by atoms with van der Waals surface area (Å²) in [6.45, 7) is 0.340. The molecule has 0 radical (unpaired) electrons. The summed E-state index contributed by atoms with van der Waals surface area (Å²) >= 11 is 0. The van der Waals surface area contributed by atoms with Crippen LogP contribution in [0.5, 0.6) is 5.75 Å². The number of urea groups is 1. The van der Waals surface area contributed by atoms with Gasteiger partial charge >= 0.3 is 6.03 Å². The van der Waals surface area contributed by atoms with E-state index >= 15 is 0 Å². The first-order valence-corrected chi connectivity index (χ1v) is 6.65. The molecular formula is C16H15N3O2. The van der Waals surface area contributed by atoms with E-state index in [4.69, 9.17) is 10.1 Å². The lowest BCUT2D eigenvalue weighted by Crippen LogP contribution is -2.45. The van der Waals surface area contributed by atoms with E-state index in [1.54, 1.807) is 13.2 Å². The summed E-state index contributed by atoms with van der Waals surface area (Å²) in [5.74, 6) is 0.798. The minimum absolute atomic E-state index is 0.231. The number of allylic oxidation sites excluding steroid dienone is 3. The molecule has 1 aliphatic carbocycles. The second-order valence-corrected chi connectivity index (χ2v) is 4.86. The lowest BCUT2D eigenvalue weighted by Gasteiger charge is -2.30. The molecule has 106 valence electrons. The van der Waals surface area contributed by atoms with E-state index in [0.29, 0.717) is 12.3 Å². The number of benzene rings is 1. The van der Waals surface area contributed by atoms with Crippen LogP contribution in [0.25, 0.3) is 0 Å². The zero-order valence-corrected chi connectivity index (χ0v) is 11.6. The molecule has 2 aliphatic rings. The standard InChI is InChI=1S/C16H15N3O2/c1-21-12-8-6-11(7-9-12)10-19-15(17)13-4-2-3-5-14(13)18-16(19)20/h2-9,13,17H,10H2,1H3. The average molecular weight is 281 g/mol. The molecular weight excluding hydrogens is 266 g/mol. The van der Waals surface area contributed by atoms with Crippen molar-refractivity contribution in [2.45, 2.75) is 6.54 Å². The maximum Gasteiger partial charge on any atom is 0.349 e. The molecule has 5 nitrogen and oxygen atoms in total. The number of ether oxygens (including phenoxy) is 1. The fourth-order valence-electron chi connectivity index (χ4n) is 2.38. The van der Waals surface area contributed by atoms with E-state index < -0.39 is 0 Å². The van der Waals surface area contributed by atoms with E-state index in [1.807, 2.05) is 42.5 Å². The number of amides is 2. The molecule has 5 heteroatoms. The summed E-state index contributed by atoms with van der Waals surface area (Å²) in [5, 5.41) is 8.24. The topological polar surface area (TPSA) is 65.8 Å². The molecule has 0 aromatic heterocycles. The third-order valence-corrected chi connectivity index (χ3v) is 3.54. The van der Waals surface area contributed by atoms with Gasteiger partial charge in [-0.3, -0.25) is 10.3 Å². The lowest BCUT2D eigenvalue weighted by atomic mass is 9.94. The number of hydrogen-bond donors (Lipinski definition) is 1. The Morgan fingerprint density at radius 2 is 2.05 bits per heavy atom. The predicted octanol–water partition coefficient (Wildman–Crippen LogP) is 2.79. The predicted molar refractivity (Wildman–Crippen MR) is 80.9 cm³/mol. The first-order chi connectivity index (χ1) is 10.2. The molecule has 1 N–H and O–H groups in total. The maximum atomic E-state index is 12.1. The largest absolute Gasteiger partial charge is 0.497 e. The molecule has 1 heterocycles. The van der Waals surface area contributed by atoms with E-state index in [-0.39, 0.29) is 17.8 Å². The van der Waals surface area contributed by atoms with Crippen LogP contribution in [-0.4, -0.2) is 29.6 Å². The number of aliphatic imine (C=N–C) groups is 1. The average Bonchev–Trinajstić information content (AvgIpc) is 2.52. The second kappa shape index (κ2) is 5.36. The summed E-state index contributed by atoms with van der Waals surface area (Å²) in [7, 11) is 1.61. The number of nitrogens with one attached hydrogen (secondary N) is 1. The van der Waals surface area contributed by atoms with Crippen LogP contribution in [0.3, 0.4) is 0 Å². The zero-order valence-electron chi connectivity index (χ0n) is 11.6. The molecule has 0 fully saturated rings. The first kappa shape index (κ1) is 13.3. The molecule has 1 atom stereocenters. The normalized spacial score (nSPS) is 20.3. The van der Waals surface area contributed by atoms with Crippen molar-refractivity contribution in [3.05, 3.63) is 54.1 Å². The van der Waals surface area contributed by atoms with Crippen molar-refractivity contribution in [1.82, 2.24) is 4.90 Å². The molecule has 0 saturated carbocycles. The Bertz CT molecular complexity index is 671. The molecule has 21 heavy (non-hydrogen) atoms.